The molecule has 1 fully saturated rings. The first-order valence-electron chi connectivity index (χ1n) is 5.46. The molecule has 5 heteroatoms. The molecule has 0 spiro atoms. The van der Waals surface area contributed by atoms with Crippen molar-refractivity contribution in [1.29, 1.82) is 0 Å². The molecule has 1 saturated heterocycles. The predicted molar refractivity (Wildman–Crippen MR) is 64.2 cm³/mol. The molecule has 0 aliphatic carbocycles. The highest BCUT2D eigenvalue weighted by Gasteiger charge is 2.33. The van der Waals surface area contributed by atoms with Gasteiger partial charge >= 0.3 is 6.09 Å². The third-order valence-electron chi connectivity index (χ3n) is 2.13. The number of hydrogen-bond donors (Lipinski definition) is 0. The third kappa shape index (κ3) is 4.04. The highest BCUT2D eigenvalue weighted by atomic mass is 32.2. The lowest BCUT2D eigenvalue weighted by molar-refractivity contribution is -0.109. The molecule has 0 bridgehead atoms. The average Bonchev–Trinajstić information content (AvgIpc) is 2.47. The molecule has 0 saturated carbocycles. The van der Waals surface area contributed by atoms with Crippen LogP contribution in [0.2, 0.25) is 0 Å². The molecule has 1 aliphatic rings. The molecule has 0 aromatic heterocycles. The first-order valence-corrected chi connectivity index (χ1v) is 6.34. The molecule has 1 heterocycles. The van der Waals surface area contributed by atoms with E-state index in [1.807, 2.05) is 20.8 Å². The van der Waals surface area contributed by atoms with Crippen molar-refractivity contribution in [1.82, 2.24) is 4.90 Å². The first kappa shape index (κ1) is 13.4. The molecular formula is C11H19NO3S. The molecular weight excluding hydrogens is 226 g/mol. The summed E-state index contributed by atoms with van der Waals surface area (Å²) in [6.07, 6.45) is 1.48. The predicted octanol–water partition coefficient (Wildman–Crippen LogP) is 2.62. The van der Waals surface area contributed by atoms with Gasteiger partial charge in [0, 0.05) is 13.5 Å². The van der Waals surface area contributed by atoms with Gasteiger partial charge in [-0.15, -0.1) is 0 Å². The molecule has 1 unspecified atom stereocenters. The van der Waals surface area contributed by atoms with Gasteiger partial charge in [0.1, 0.15) is 5.60 Å². The van der Waals surface area contributed by atoms with Crippen LogP contribution < -0.4 is 0 Å². The smallest absolute Gasteiger partial charge is 0.411 e. The Bertz CT molecular complexity index is 285. The van der Waals surface area contributed by atoms with Crippen LogP contribution in [0, 0.1) is 0 Å². The normalized spacial score (nSPS) is 21.0. The average molecular weight is 245 g/mol. The summed E-state index contributed by atoms with van der Waals surface area (Å²) < 4.78 is 5.30. The van der Waals surface area contributed by atoms with E-state index in [-0.39, 0.29) is 16.6 Å². The van der Waals surface area contributed by atoms with Crippen LogP contribution in [0.25, 0.3) is 0 Å². The number of carbonyl (C=O) groups is 2. The van der Waals surface area contributed by atoms with E-state index >= 15 is 0 Å². The Morgan fingerprint density at radius 1 is 1.38 bits per heavy atom. The van der Waals surface area contributed by atoms with Gasteiger partial charge in [-0.3, -0.25) is 9.69 Å². The number of likely N-dealkylation sites (tertiary alicyclic amines) is 1. The zero-order valence-electron chi connectivity index (χ0n) is 10.3. The molecule has 1 atom stereocenters. The van der Waals surface area contributed by atoms with E-state index in [9.17, 15) is 9.59 Å². The van der Waals surface area contributed by atoms with Gasteiger partial charge in [0.05, 0.1) is 5.37 Å². The van der Waals surface area contributed by atoms with Crippen molar-refractivity contribution < 1.29 is 14.3 Å². The maximum atomic E-state index is 11.8. The van der Waals surface area contributed by atoms with Crippen molar-refractivity contribution in [2.24, 2.45) is 0 Å². The minimum Gasteiger partial charge on any atom is -0.444 e. The second-order valence-electron chi connectivity index (χ2n) is 4.88. The number of carbonyl (C=O) groups excluding carboxylic acids is 2. The molecule has 1 amide bonds. The largest absolute Gasteiger partial charge is 0.444 e. The van der Waals surface area contributed by atoms with Crippen LogP contribution in [0.5, 0.6) is 0 Å². The quantitative estimate of drug-likeness (QED) is 0.712. The van der Waals surface area contributed by atoms with Gasteiger partial charge in [-0.2, -0.15) is 0 Å². The van der Waals surface area contributed by atoms with Crippen LogP contribution in [-0.4, -0.2) is 33.6 Å². The summed E-state index contributed by atoms with van der Waals surface area (Å²) in [4.78, 5) is 24.5. The molecule has 4 nitrogen and oxygen atoms in total. The fourth-order valence-electron chi connectivity index (χ4n) is 1.58. The minimum atomic E-state index is -0.481. The van der Waals surface area contributed by atoms with E-state index in [1.54, 1.807) is 4.90 Å². The third-order valence-corrected chi connectivity index (χ3v) is 3.22. The van der Waals surface area contributed by atoms with E-state index in [2.05, 4.69) is 0 Å². The van der Waals surface area contributed by atoms with Crippen LogP contribution >= 0.6 is 11.8 Å². The Kier molecular flexibility index (Phi) is 4.24. The fourth-order valence-corrected chi connectivity index (χ4v) is 2.57. The summed E-state index contributed by atoms with van der Waals surface area (Å²) in [7, 11) is 0. The lowest BCUT2D eigenvalue weighted by Crippen LogP contribution is -2.38. The summed E-state index contributed by atoms with van der Waals surface area (Å²) in [5, 5.41) is -0.00666. The minimum absolute atomic E-state index is 0.0421. The summed E-state index contributed by atoms with van der Waals surface area (Å²) in [5.41, 5.74) is -0.481. The van der Waals surface area contributed by atoms with Crippen LogP contribution in [0.1, 0.15) is 40.5 Å². The molecule has 0 radical (unpaired) electrons. The van der Waals surface area contributed by atoms with E-state index in [4.69, 9.17) is 4.74 Å². The van der Waals surface area contributed by atoms with Crippen molar-refractivity contribution >= 4 is 23.0 Å². The van der Waals surface area contributed by atoms with Gasteiger partial charge in [-0.25, -0.2) is 4.79 Å². The van der Waals surface area contributed by atoms with Gasteiger partial charge in [-0.1, -0.05) is 11.8 Å². The Morgan fingerprint density at radius 2 is 2.00 bits per heavy atom. The van der Waals surface area contributed by atoms with Crippen LogP contribution in [-0.2, 0) is 9.53 Å². The number of thioether (sulfide) groups is 1. The van der Waals surface area contributed by atoms with E-state index in [0.717, 1.165) is 12.8 Å². The molecule has 0 aromatic rings. The van der Waals surface area contributed by atoms with Crippen molar-refractivity contribution in [2.45, 2.75) is 51.5 Å². The number of ether oxygens (including phenoxy) is 1. The lowest BCUT2D eigenvalue weighted by Gasteiger charge is -2.27. The molecule has 0 N–H and O–H groups in total. The summed E-state index contributed by atoms with van der Waals surface area (Å²) in [6.45, 7) is 7.73. The zero-order chi connectivity index (χ0) is 12.3. The molecule has 0 aromatic carbocycles. The molecule has 1 rings (SSSR count). The SMILES string of the molecule is CC(=O)SC1CCCN1C(=O)OC(C)(C)C. The Morgan fingerprint density at radius 3 is 2.50 bits per heavy atom. The highest BCUT2D eigenvalue weighted by molar-refractivity contribution is 8.14. The second kappa shape index (κ2) is 5.08. The van der Waals surface area contributed by atoms with Gasteiger partial charge in [0.2, 0.25) is 0 Å². The topological polar surface area (TPSA) is 46.6 Å². The van der Waals surface area contributed by atoms with Crippen molar-refractivity contribution in [3.05, 3.63) is 0 Å². The molecule has 92 valence electrons. The Labute approximate surface area is 101 Å². The van der Waals surface area contributed by atoms with E-state index in [0.29, 0.717) is 6.54 Å². The standard InChI is InChI=1S/C11H19NO3S/c1-8(13)16-9-6-5-7-12(9)10(14)15-11(2,3)4/h9H,5-7H2,1-4H3. The maximum Gasteiger partial charge on any atom is 0.411 e. The number of nitrogens with zero attached hydrogens (tertiary/aromatic N) is 1. The van der Waals surface area contributed by atoms with Gasteiger partial charge in [0.15, 0.2) is 5.12 Å². The molecule has 16 heavy (non-hydrogen) atoms. The molecule has 1 aliphatic heterocycles. The van der Waals surface area contributed by atoms with Gasteiger partial charge in [0.25, 0.3) is 0 Å². The Hall–Kier alpha value is -0.710. The van der Waals surface area contributed by atoms with Crippen LogP contribution in [0.15, 0.2) is 0 Å². The second-order valence-corrected chi connectivity index (χ2v) is 6.23. The van der Waals surface area contributed by atoms with Crippen molar-refractivity contribution in [2.75, 3.05) is 6.54 Å². The summed E-state index contributed by atoms with van der Waals surface area (Å²) in [5.74, 6) is 0. The van der Waals surface area contributed by atoms with E-state index in [1.165, 1.54) is 18.7 Å². The highest BCUT2D eigenvalue weighted by Crippen LogP contribution is 2.29. The van der Waals surface area contributed by atoms with Gasteiger partial charge in [-0.05, 0) is 33.6 Å². The summed E-state index contributed by atoms with van der Waals surface area (Å²) >= 11 is 1.21. The summed E-state index contributed by atoms with van der Waals surface area (Å²) in [6, 6.07) is 0. The first-order chi connectivity index (χ1) is 7.29. The van der Waals surface area contributed by atoms with Crippen LogP contribution in [0.4, 0.5) is 4.79 Å². The monoisotopic (exact) mass is 245 g/mol. The maximum absolute atomic E-state index is 11.8. The Balaban J connectivity index is 2.57. The van der Waals surface area contributed by atoms with Crippen molar-refractivity contribution in [3.8, 4) is 0 Å². The lowest BCUT2D eigenvalue weighted by atomic mass is 10.2. The number of hydrogen-bond acceptors (Lipinski definition) is 4. The number of rotatable bonds is 1. The number of amides is 1. The van der Waals surface area contributed by atoms with Gasteiger partial charge < -0.3 is 4.74 Å². The zero-order valence-corrected chi connectivity index (χ0v) is 11.1. The van der Waals surface area contributed by atoms with E-state index < -0.39 is 5.60 Å². The fraction of sp³-hybridized carbons (Fsp3) is 0.818. The van der Waals surface area contributed by atoms with Crippen molar-refractivity contribution in [3.63, 3.8) is 0 Å². The van der Waals surface area contributed by atoms with Crippen LogP contribution in [0.3, 0.4) is 0 Å².